The first kappa shape index (κ1) is 14.6. The number of pyridine rings is 1. The molecule has 0 fully saturated rings. The Morgan fingerprint density at radius 1 is 1.04 bits per heavy atom. The number of hydrogen-bond donors (Lipinski definition) is 0. The molecule has 0 amide bonds. The Morgan fingerprint density at radius 2 is 1.87 bits per heavy atom. The van der Waals surface area contributed by atoms with Gasteiger partial charge in [0.05, 0.1) is 11.1 Å². The second-order valence-electron chi connectivity index (χ2n) is 5.73. The van der Waals surface area contributed by atoms with Crippen LogP contribution in [0.5, 0.6) is 0 Å². The minimum absolute atomic E-state index is 0.390. The second-order valence-corrected chi connectivity index (χ2v) is 6.78. The maximum Gasteiger partial charge on any atom is 0.416 e. The van der Waals surface area contributed by atoms with Crippen molar-refractivity contribution < 1.29 is 13.2 Å². The molecule has 1 nitrogen and oxygen atoms in total. The highest BCUT2D eigenvalue weighted by Gasteiger charge is 2.31. The Kier molecular flexibility index (Phi) is 3.17. The van der Waals surface area contributed by atoms with E-state index in [2.05, 4.69) is 30.1 Å². The lowest BCUT2D eigenvalue weighted by molar-refractivity contribution is -0.137. The highest BCUT2D eigenvalue weighted by Crippen LogP contribution is 2.43. The van der Waals surface area contributed by atoms with Gasteiger partial charge in [-0.2, -0.15) is 13.2 Å². The normalized spacial score (nSPS) is 13.7. The zero-order valence-electron chi connectivity index (χ0n) is 12.2. The summed E-state index contributed by atoms with van der Waals surface area (Å²) in [5, 5.41) is 0.784. The molecule has 0 unspecified atom stereocenters. The Hall–Kier alpha value is -2.01. The third-order valence-electron chi connectivity index (χ3n) is 4.03. The number of benzene rings is 2. The summed E-state index contributed by atoms with van der Waals surface area (Å²) in [7, 11) is 0. The predicted molar refractivity (Wildman–Crippen MR) is 84.9 cm³/mol. The molecule has 4 rings (SSSR count). The summed E-state index contributed by atoms with van der Waals surface area (Å²) in [5.74, 6) is 0. The number of fused-ring (bicyclic) bond motifs is 4. The van der Waals surface area contributed by atoms with E-state index in [9.17, 15) is 13.2 Å². The van der Waals surface area contributed by atoms with Gasteiger partial charge in [0, 0.05) is 27.8 Å². The Bertz CT molecular complexity index is 931. The molecule has 1 aliphatic heterocycles. The number of aryl methyl sites for hydroxylation is 1. The van der Waals surface area contributed by atoms with Gasteiger partial charge in [0.25, 0.3) is 0 Å². The molecule has 0 saturated heterocycles. The molecule has 23 heavy (non-hydrogen) atoms. The average Bonchev–Trinajstić information content (AvgIpc) is 2.51. The van der Waals surface area contributed by atoms with E-state index in [0.29, 0.717) is 5.52 Å². The van der Waals surface area contributed by atoms with Crippen LogP contribution < -0.4 is 0 Å². The van der Waals surface area contributed by atoms with Crippen molar-refractivity contribution in [3.05, 3.63) is 64.8 Å². The first-order valence-corrected chi connectivity index (χ1v) is 8.00. The maximum atomic E-state index is 12.9. The topological polar surface area (TPSA) is 12.9 Å². The van der Waals surface area contributed by atoms with Crippen LogP contribution in [0.15, 0.2) is 52.4 Å². The van der Waals surface area contributed by atoms with Gasteiger partial charge in [-0.25, -0.2) is 0 Å². The molecule has 0 bridgehead atoms. The first-order chi connectivity index (χ1) is 10.9. The highest BCUT2D eigenvalue weighted by atomic mass is 32.2. The van der Waals surface area contributed by atoms with Crippen LogP contribution >= 0.6 is 11.8 Å². The van der Waals surface area contributed by atoms with Crippen molar-refractivity contribution in [3.63, 3.8) is 0 Å². The molecular weight excluding hydrogens is 319 g/mol. The van der Waals surface area contributed by atoms with E-state index in [1.54, 1.807) is 18.0 Å². The maximum absolute atomic E-state index is 12.9. The van der Waals surface area contributed by atoms with E-state index in [-0.39, 0.29) is 0 Å². The van der Waals surface area contributed by atoms with Crippen LogP contribution in [0, 0.1) is 6.92 Å². The zero-order valence-corrected chi connectivity index (χ0v) is 13.1. The lowest BCUT2D eigenvalue weighted by atomic mass is 10.0. The molecule has 1 aromatic heterocycles. The van der Waals surface area contributed by atoms with E-state index >= 15 is 0 Å². The monoisotopic (exact) mass is 331 g/mol. The van der Waals surface area contributed by atoms with Crippen LogP contribution in [0.4, 0.5) is 13.2 Å². The van der Waals surface area contributed by atoms with E-state index in [4.69, 9.17) is 0 Å². The molecule has 0 aliphatic carbocycles. The number of nitrogens with zero attached hydrogens (tertiary/aromatic N) is 1. The molecular formula is C18H12F3NS. The third-order valence-corrected chi connectivity index (χ3v) is 5.33. The Balaban J connectivity index is 1.86. The number of hydrogen-bond acceptors (Lipinski definition) is 2. The second kappa shape index (κ2) is 4.99. The number of alkyl halides is 3. The molecule has 0 spiro atoms. The number of aromatic nitrogens is 1. The van der Waals surface area contributed by atoms with Crippen LogP contribution in [0.3, 0.4) is 0 Å². The van der Waals surface area contributed by atoms with Gasteiger partial charge in [0.1, 0.15) is 0 Å². The summed E-state index contributed by atoms with van der Waals surface area (Å²) >= 11 is 1.61. The van der Waals surface area contributed by atoms with Crippen molar-refractivity contribution in [1.29, 1.82) is 0 Å². The fraction of sp³-hybridized carbons (Fsp3) is 0.167. The third kappa shape index (κ3) is 2.49. The minimum Gasteiger partial charge on any atom is -0.256 e. The summed E-state index contributed by atoms with van der Waals surface area (Å²) in [5.41, 5.74) is 3.25. The number of rotatable bonds is 0. The molecule has 0 radical (unpaired) electrons. The van der Waals surface area contributed by atoms with Crippen molar-refractivity contribution in [2.75, 3.05) is 0 Å². The summed E-state index contributed by atoms with van der Waals surface area (Å²) < 4.78 is 38.6. The number of halogens is 3. The minimum atomic E-state index is -4.34. The zero-order chi connectivity index (χ0) is 16.2. The lowest BCUT2D eigenvalue weighted by Gasteiger charge is -2.21. The standard InChI is InChI=1S/C18H12F3NS/c1-10-2-5-16-11(6-10)7-12-9-22-15-8-13(18(19,20)21)3-4-14(15)17(12)23-16/h2-6,8-9H,7H2,1H3. The first-order valence-electron chi connectivity index (χ1n) is 7.18. The van der Waals surface area contributed by atoms with Gasteiger partial charge in [0.2, 0.25) is 0 Å². The average molecular weight is 331 g/mol. The highest BCUT2D eigenvalue weighted by molar-refractivity contribution is 7.99. The van der Waals surface area contributed by atoms with E-state index < -0.39 is 11.7 Å². The quantitative estimate of drug-likeness (QED) is 0.415. The van der Waals surface area contributed by atoms with Crippen LogP contribution in [0.1, 0.15) is 22.3 Å². The van der Waals surface area contributed by atoms with Crippen molar-refractivity contribution >= 4 is 22.7 Å². The van der Waals surface area contributed by atoms with Gasteiger partial charge < -0.3 is 0 Å². The Morgan fingerprint density at radius 3 is 2.65 bits per heavy atom. The van der Waals surface area contributed by atoms with Crippen LogP contribution in [0.2, 0.25) is 0 Å². The van der Waals surface area contributed by atoms with E-state index in [0.717, 1.165) is 39.3 Å². The SMILES string of the molecule is Cc1ccc2c(c1)Cc1cnc3cc(C(F)(F)F)ccc3c1S2. The summed E-state index contributed by atoms with van der Waals surface area (Å²) in [6.45, 7) is 2.05. The largest absolute Gasteiger partial charge is 0.416 e. The summed E-state index contributed by atoms with van der Waals surface area (Å²) in [4.78, 5) is 6.43. The van der Waals surface area contributed by atoms with Crippen molar-refractivity contribution in [2.45, 2.75) is 29.3 Å². The van der Waals surface area contributed by atoms with Crippen LogP contribution in [-0.4, -0.2) is 4.98 Å². The van der Waals surface area contributed by atoms with Gasteiger partial charge in [-0.3, -0.25) is 4.98 Å². The molecule has 0 atom stereocenters. The van der Waals surface area contributed by atoms with E-state index in [1.165, 1.54) is 17.2 Å². The fourth-order valence-electron chi connectivity index (χ4n) is 2.89. The van der Waals surface area contributed by atoms with E-state index in [1.807, 2.05) is 0 Å². The van der Waals surface area contributed by atoms with Gasteiger partial charge in [-0.1, -0.05) is 35.5 Å². The molecule has 0 saturated carbocycles. The smallest absolute Gasteiger partial charge is 0.256 e. The van der Waals surface area contributed by atoms with Crippen LogP contribution in [0.25, 0.3) is 10.9 Å². The van der Waals surface area contributed by atoms with Crippen LogP contribution in [-0.2, 0) is 12.6 Å². The van der Waals surface area contributed by atoms with Gasteiger partial charge in [-0.05, 0) is 36.2 Å². The van der Waals surface area contributed by atoms with Crippen molar-refractivity contribution in [2.24, 2.45) is 0 Å². The van der Waals surface area contributed by atoms with Crippen molar-refractivity contribution in [1.82, 2.24) is 4.98 Å². The van der Waals surface area contributed by atoms with Gasteiger partial charge in [-0.15, -0.1) is 0 Å². The molecule has 2 heterocycles. The van der Waals surface area contributed by atoms with Gasteiger partial charge in [0.15, 0.2) is 0 Å². The molecule has 0 N–H and O–H groups in total. The molecule has 5 heteroatoms. The fourth-order valence-corrected chi connectivity index (χ4v) is 4.05. The summed E-state index contributed by atoms with van der Waals surface area (Å²) in [6.07, 6.45) is -1.87. The Labute approximate surface area is 135 Å². The molecule has 1 aliphatic rings. The lowest BCUT2D eigenvalue weighted by Crippen LogP contribution is -2.06. The predicted octanol–water partition coefficient (Wildman–Crippen LogP) is 5.62. The van der Waals surface area contributed by atoms with Gasteiger partial charge >= 0.3 is 6.18 Å². The van der Waals surface area contributed by atoms with Crippen molar-refractivity contribution in [3.8, 4) is 0 Å². The summed E-state index contributed by atoms with van der Waals surface area (Å²) in [6, 6.07) is 10.1. The molecule has 2 aromatic carbocycles. The molecule has 3 aromatic rings. The molecule has 116 valence electrons.